The number of hydrogen-bond acceptors (Lipinski definition) is 2. The lowest BCUT2D eigenvalue weighted by atomic mass is 10.6. The number of alkyl halides is 3. The fourth-order valence-corrected chi connectivity index (χ4v) is 0.529. The van der Waals surface area contributed by atoms with Gasteiger partial charge in [-0.3, -0.25) is 0 Å². The van der Waals surface area contributed by atoms with Gasteiger partial charge < -0.3 is 9.47 Å². The van der Waals surface area contributed by atoms with E-state index in [4.69, 9.17) is 0 Å². The molecule has 54 valence electrons. The Morgan fingerprint density at radius 2 is 1.67 bits per heavy atom. The van der Waals surface area contributed by atoms with Gasteiger partial charge in [0.15, 0.2) is 0 Å². The van der Waals surface area contributed by atoms with Crippen LogP contribution in [0, 0.1) is 0 Å². The first-order valence-corrected chi connectivity index (χ1v) is 2.40. The predicted octanol–water partition coefficient (Wildman–Crippen LogP) is 0.922. The van der Waals surface area contributed by atoms with Gasteiger partial charge in [0.2, 0.25) is 0 Å². The lowest BCUT2D eigenvalue weighted by molar-refractivity contribution is -0.314. The van der Waals surface area contributed by atoms with Crippen LogP contribution in [0.2, 0.25) is 0 Å². The molecule has 0 bridgehead atoms. The van der Waals surface area contributed by atoms with Gasteiger partial charge in [0, 0.05) is 0 Å². The molecule has 1 aliphatic rings. The van der Waals surface area contributed by atoms with Crippen LogP contribution in [0.4, 0.5) is 13.2 Å². The van der Waals surface area contributed by atoms with Crippen LogP contribution in [0.1, 0.15) is 0 Å². The fourth-order valence-electron chi connectivity index (χ4n) is 0.529. The van der Waals surface area contributed by atoms with E-state index in [1.165, 1.54) is 0 Å². The molecule has 0 radical (unpaired) electrons. The van der Waals surface area contributed by atoms with E-state index in [2.05, 4.69) is 9.47 Å². The van der Waals surface area contributed by atoms with Crippen molar-refractivity contribution in [2.75, 3.05) is 13.2 Å². The second-order valence-corrected chi connectivity index (χ2v) is 1.58. The van der Waals surface area contributed by atoms with E-state index in [1.54, 1.807) is 0 Å². The van der Waals surface area contributed by atoms with Crippen molar-refractivity contribution in [1.29, 1.82) is 0 Å². The van der Waals surface area contributed by atoms with Crippen LogP contribution < -0.4 is 0 Å². The topological polar surface area (TPSA) is 18.5 Å². The Labute approximate surface area is 49.6 Å². The summed E-state index contributed by atoms with van der Waals surface area (Å²) < 4.78 is 43.2. The van der Waals surface area contributed by atoms with Crippen molar-refractivity contribution in [1.82, 2.24) is 0 Å². The first-order chi connectivity index (χ1) is 4.15. The highest BCUT2D eigenvalue weighted by molar-refractivity contribution is 4.62. The van der Waals surface area contributed by atoms with Crippen molar-refractivity contribution in [2.24, 2.45) is 0 Å². The van der Waals surface area contributed by atoms with Crippen LogP contribution in [0.15, 0.2) is 0 Å². The van der Waals surface area contributed by atoms with E-state index in [-0.39, 0.29) is 13.2 Å². The second-order valence-electron chi connectivity index (χ2n) is 1.58. The van der Waals surface area contributed by atoms with Crippen LogP contribution in [-0.2, 0) is 9.47 Å². The van der Waals surface area contributed by atoms with Gasteiger partial charge in [0.25, 0.3) is 0 Å². The van der Waals surface area contributed by atoms with Gasteiger partial charge in [-0.2, -0.15) is 4.39 Å². The quantitative estimate of drug-likeness (QED) is 0.542. The molecule has 0 aromatic heterocycles. The molecule has 2 nitrogen and oxygen atoms in total. The van der Waals surface area contributed by atoms with Crippen LogP contribution >= 0.6 is 0 Å². The van der Waals surface area contributed by atoms with Crippen molar-refractivity contribution in [2.45, 2.75) is 12.5 Å². The Morgan fingerprint density at radius 3 is 1.89 bits per heavy atom. The van der Waals surface area contributed by atoms with Crippen LogP contribution in [-0.4, -0.2) is 25.7 Å². The maximum atomic E-state index is 12.2. The summed E-state index contributed by atoms with van der Waals surface area (Å²) in [5.74, 6) is 0. The maximum absolute atomic E-state index is 12.2. The summed E-state index contributed by atoms with van der Waals surface area (Å²) in [7, 11) is 0. The zero-order valence-corrected chi connectivity index (χ0v) is 4.44. The molecule has 0 saturated carbocycles. The van der Waals surface area contributed by atoms with Gasteiger partial charge in [-0.15, -0.1) is 0 Å². The van der Waals surface area contributed by atoms with Crippen LogP contribution in [0.5, 0.6) is 0 Å². The summed E-state index contributed by atoms with van der Waals surface area (Å²) >= 11 is 0. The molecule has 0 aromatic carbocycles. The first-order valence-electron chi connectivity index (χ1n) is 2.40. The van der Waals surface area contributed by atoms with Crippen LogP contribution in [0.25, 0.3) is 0 Å². The van der Waals surface area contributed by atoms with Crippen molar-refractivity contribution >= 4 is 0 Å². The van der Waals surface area contributed by atoms with E-state index in [9.17, 15) is 13.2 Å². The zero-order chi connectivity index (χ0) is 6.91. The predicted molar refractivity (Wildman–Crippen MR) is 21.7 cm³/mol. The number of halogens is 3. The van der Waals surface area contributed by atoms with Crippen molar-refractivity contribution in [3.05, 3.63) is 0 Å². The number of hydrogen-bond donors (Lipinski definition) is 0. The zero-order valence-electron chi connectivity index (χ0n) is 4.44. The Balaban J connectivity index is 2.51. The first kappa shape index (κ1) is 6.82. The van der Waals surface area contributed by atoms with E-state index in [0.717, 1.165) is 0 Å². The number of rotatable bonds is 1. The molecule has 0 amide bonds. The van der Waals surface area contributed by atoms with Crippen molar-refractivity contribution in [3.8, 4) is 0 Å². The molecule has 0 N–H and O–H groups in total. The molecule has 1 saturated heterocycles. The van der Waals surface area contributed by atoms with Gasteiger partial charge in [0.05, 0.1) is 13.2 Å². The number of ether oxygens (including phenoxy) is 2. The Hall–Kier alpha value is -0.290. The highest BCUT2D eigenvalue weighted by atomic mass is 19.3. The minimum Gasteiger partial charge on any atom is -0.317 e. The minimum absolute atomic E-state index is 0.110. The van der Waals surface area contributed by atoms with Gasteiger partial charge >= 0.3 is 12.5 Å². The van der Waals surface area contributed by atoms with E-state index >= 15 is 0 Å². The smallest absolute Gasteiger partial charge is 0.317 e. The molecule has 1 rings (SSSR count). The van der Waals surface area contributed by atoms with Gasteiger partial charge in [-0.05, 0) is 0 Å². The van der Waals surface area contributed by atoms with Gasteiger partial charge in [0.1, 0.15) is 0 Å². The summed E-state index contributed by atoms with van der Waals surface area (Å²) in [6, 6.07) is -3.14. The summed E-state index contributed by atoms with van der Waals surface area (Å²) in [4.78, 5) is 0. The monoisotopic (exact) mass is 142 g/mol. The molecule has 0 aromatic rings. The maximum Gasteiger partial charge on any atom is 0.383 e. The summed E-state index contributed by atoms with van der Waals surface area (Å²) in [6.45, 7) is -0.221. The second kappa shape index (κ2) is 2.15. The lowest BCUT2D eigenvalue weighted by Gasteiger charge is -2.14. The molecular formula is C4H5F3O2. The lowest BCUT2D eigenvalue weighted by Crippen LogP contribution is -2.32. The molecule has 9 heavy (non-hydrogen) atoms. The average molecular weight is 142 g/mol. The normalized spacial score (nSPS) is 25.3. The third-order valence-electron chi connectivity index (χ3n) is 0.942. The van der Waals surface area contributed by atoms with E-state index < -0.39 is 12.5 Å². The Morgan fingerprint density at radius 1 is 1.22 bits per heavy atom. The summed E-state index contributed by atoms with van der Waals surface area (Å²) in [6.07, 6.45) is -3.22. The van der Waals surface area contributed by atoms with Crippen LogP contribution in [0.3, 0.4) is 0 Å². The molecule has 1 aliphatic heterocycles. The standard InChI is InChI=1S/C4H5F3O2/c5-3(6)4(7)8-1-2-9-4/h3H,1-2H2. The van der Waals surface area contributed by atoms with E-state index in [0.29, 0.717) is 0 Å². The SMILES string of the molecule is FC(F)C1(F)OCCO1. The van der Waals surface area contributed by atoms with Gasteiger partial charge in [-0.1, -0.05) is 0 Å². The summed E-state index contributed by atoms with van der Waals surface area (Å²) in [5.41, 5.74) is 0. The van der Waals surface area contributed by atoms with Crippen molar-refractivity contribution in [3.63, 3.8) is 0 Å². The molecule has 1 fully saturated rings. The highest BCUT2D eigenvalue weighted by Crippen LogP contribution is 2.27. The molecule has 0 atom stereocenters. The Kier molecular flexibility index (Phi) is 1.63. The molecular weight excluding hydrogens is 137 g/mol. The minimum atomic E-state index is -3.22. The third kappa shape index (κ3) is 1.16. The molecule has 0 aliphatic carbocycles. The molecule has 0 unspecified atom stereocenters. The average Bonchev–Trinajstić information content (AvgIpc) is 2.16. The third-order valence-corrected chi connectivity index (χ3v) is 0.942. The fraction of sp³-hybridized carbons (Fsp3) is 1.00. The van der Waals surface area contributed by atoms with Gasteiger partial charge in [-0.25, -0.2) is 8.78 Å². The molecule has 1 heterocycles. The largest absolute Gasteiger partial charge is 0.383 e. The highest BCUT2D eigenvalue weighted by Gasteiger charge is 2.46. The molecule has 5 heteroatoms. The Bertz CT molecular complexity index is 100.0. The van der Waals surface area contributed by atoms with Crippen molar-refractivity contribution < 1.29 is 22.6 Å². The summed E-state index contributed by atoms with van der Waals surface area (Å²) in [5, 5.41) is 0. The molecule has 0 spiro atoms. The van der Waals surface area contributed by atoms with E-state index in [1.807, 2.05) is 0 Å².